The molecule has 0 amide bonds. The standard InChI is InChI=1S/C8H4N2.C3H6O/c9-5-7-3-1-2-4-8(7)6-10;1-3(2)4/h1-4H;4H,1H2,2H3/p-1. The first-order chi connectivity index (χ1) is 6.61. The first-order valence-corrected chi connectivity index (χ1v) is 3.83. The minimum absolute atomic E-state index is 0.0833. The second kappa shape index (κ2) is 6.28. The van der Waals surface area contributed by atoms with Crippen molar-refractivity contribution < 1.29 is 5.11 Å². The molecule has 0 bridgehead atoms. The van der Waals surface area contributed by atoms with Gasteiger partial charge in [-0.25, -0.2) is 0 Å². The van der Waals surface area contributed by atoms with Crippen molar-refractivity contribution in [2.45, 2.75) is 6.92 Å². The quantitative estimate of drug-likeness (QED) is 0.572. The van der Waals surface area contributed by atoms with Crippen molar-refractivity contribution in [3.8, 4) is 12.1 Å². The molecule has 0 aromatic heterocycles. The molecule has 70 valence electrons. The van der Waals surface area contributed by atoms with Gasteiger partial charge in [0, 0.05) is 0 Å². The molecule has 0 aliphatic carbocycles. The highest BCUT2D eigenvalue weighted by Crippen LogP contribution is 2.03. The SMILES string of the molecule is C=C(C)[O-].N#Cc1ccccc1C#N. The smallest absolute Gasteiger partial charge is 0.101 e. The monoisotopic (exact) mass is 185 g/mol. The predicted molar refractivity (Wildman–Crippen MR) is 50.7 cm³/mol. The van der Waals surface area contributed by atoms with Gasteiger partial charge >= 0.3 is 0 Å². The van der Waals surface area contributed by atoms with Crippen LogP contribution in [-0.4, -0.2) is 0 Å². The third-order valence-corrected chi connectivity index (χ3v) is 1.17. The van der Waals surface area contributed by atoms with Crippen molar-refractivity contribution in [3.63, 3.8) is 0 Å². The number of nitriles is 2. The lowest BCUT2D eigenvalue weighted by Gasteiger charge is -1.92. The molecule has 0 unspecified atom stereocenters. The van der Waals surface area contributed by atoms with Crippen LogP contribution in [0.15, 0.2) is 36.6 Å². The number of allylic oxidation sites excluding steroid dienone is 1. The van der Waals surface area contributed by atoms with Crippen LogP contribution in [0.25, 0.3) is 0 Å². The van der Waals surface area contributed by atoms with Crippen LogP contribution in [-0.2, 0) is 0 Å². The predicted octanol–water partition coefficient (Wildman–Crippen LogP) is 1.31. The van der Waals surface area contributed by atoms with Gasteiger partial charge in [-0.1, -0.05) is 19.1 Å². The lowest BCUT2D eigenvalue weighted by atomic mass is 10.1. The molecular weight excluding hydrogens is 176 g/mol. The Bertz CT molecular complexity index is 359. The molecule has 0 aliphatic rings. The lowest BCUT2D eigenvalue weighted by molar-refractivity contribution is -0.300. The van der Waals surface area contributed by atoms with Gasteiger partial charge < -0.3 is 5.11 Å². The molecule has 1 aromatic carbocycles. The van der Waals surface area contributed by atoms with Crippen molar-refractivity contribution in [2.75, 3.05) is 0 Å². The maximum atomic E-state index is 9.33. The van der Waals surface area contributed by atoms with E-state index >= 15 is 0 Å². The van der Waals surface area contributed by atoms with Crippen molar-refractivity contribution >= 4 is 0 Å². The minimum Gasteiger partial charge on any atom is -0.876 e. The molecule has 0 saturated carbocycles. The summed E-state index contributed by atoms with van der Waals surface area (Å²) in [6.45, 7) is 4.42. The molecule has 0 fully saturated rings. The van der Waals surface area contributed by atoms with Gasteiger partial charge in [0.15, 0.2) is 0 Å². The lowest BCUT2D eigenvalue weighted by Crippen LogP contribution is -1.92. The summed E-state index contributed by atoms with van der Waals surface area (Å²) in [4.78, 5) is 0. The van der Waals surface area contributed by atoms with Crippen LogP contribution in [0.2, 0.25) is 0 Å². The van der Waals surface area contributed by atoms with E-state index in [0.717, 1.165) is 0 Å². The summed E-state index contributed by atoms with van der Waals surface area (Å²) in [5.74, 6) is -0.0833. The van der Waals surface area contributed by atoms with Crippen molar-refractivity contribution in [3.05, 3.63) is 47.7 Å². The number of hydrogen-bond donors (Lipinski definition) is 0. The molecule has 0 spiro atoms. The Hall–Kier alpha value is -2.26. The third-order valence-electron chi connectivity index (χ3n) is 1.17. The molecule has 14 heavy (non-hydrogen) atoms. The van der Waals surface area contributed by atoms with Crippen LogP contribution in [0.4, 0.5) is 0 Å². The molecule has 0 N–H and O–H groups in total. The zero-order chi connectivity index (χ0) is 11.0. The van der Waals surface area contributed by atoms with E-state index in [1.807, 2.05) is 12.1 Å². The molecule has 3 nitrogen and oxygen atoms in total. The zero-order valence-corrected chi connectivity index (χ0v) is 7.82. The average Bonchev–Trinajstić information content (AvgIpc) is 2.17. The van der Waals surface area contributed by atoms with E-state index in [2.05, 4.69) is 6.58 Å². The molecular formula is C11H9N2O-. The van der Waals surface area contributed by atoms with E-state index < -0.39 is 0 Å². The van der Waals surface area contributed by atoms with E-state index in [9.17, 15) is 5.11 Å². The maximum Gasteiger partial charge on any atom is 0.101 e. The first-order valence-electron chi connectivity index (χ1n) is 3.83. The van der Waals surface area contributed by atoms with Crippen LogP contribution in [0.1, 0.15) is 18.1 Å². The van der Waals surface area contributed by atoms with Crippen LogP contribution >= 0.6 is 0 Å². The highest BCUT2D eigenvalue weighted by molar-refractivity contribution is 5.44. The summed E-state index contributed by atoms with van der Waals surface area (Å²) in [5, 5.41) is 26.2. The fourth-order valence-corrected chi connectivity index (χ4v) is 0.678. The van der Waals surface area contributed by atoms with E-state index in [-0.39, 0.29) is 5.76 Å². The normalized spacial score (nSPS) is 7.36. The van der Waals surface area contributed by atoms with Crippen molar-refractivity contribution in [2.24, 2.45) is 0 Å². The van der Waals surface area contributed by atoms with Gasteiger partial charge in [0.1, 0.15) is 12.1 Å². The van der Waals surface area contributed by atoms with E-state index in [1.54, 1.807) is 24.3 Å². The second-order valence-corrected chi connectivity index (χ2v) is 2.47. The number of rotatable bonds is 0. The Labute approximate surface area is 83.2 Å². The average molecular weight is 185 g/mol. The third kappa shape index (κ3) is 4.58. The highest BCUT2D eigenvalue weighted by Gasteiger charge is 1.95. The Kier molecular flexibility index (Phi) is 5.26. The molecule has 1 aromatic rings. The summed E-state index contributed by atoms with van der Waals surface area (Å²) in [6, 6.07) is 10.6. The summed E-state index contributed by atoms with van der Waals surface area (Å²) in [7, 11) is 0. The highest BCUT2D eigenvalue weighted by atomic mass is 16.3. The minimum atomic E-state index is -0.0833. The Morgan fingerprint density at radius 3 is 1.71 bits per heavy atom. The number of hydrogen-bond acceptors (Lipinski definition) is 3. The van der Waals surface area contributed by atoms with E-state index in [0.29, 0.717) is 11.1 Å². The van der Waals surface area contributed by atoms with Gasteiger partial charge in [0.2, 0.25) is 0 Å². The van der Waals surface area contributed by atoms with Crippen LogP contribution in [0.5, 0.6) is 0 Å². The molecule has 3 heteroatoms. The van der Waals surface area contributed by atoms with Gasteiger partial charge in [-0.15, -0.1) is 12.3 Å². The summed E-state index contributed by atoms with van der Waals surface area (Å²) >= 11 is 0. The van der Waals surface area contributed by atoms with Gasteiger partial charge in [-0.05, 0) is 12.1 Å². The van der Waals surface area contributed by atoms with Gasteiger partial charge in [0.05, 0.1) is 11.1 Å². The molecule has 0 atom stereocenters. The largest absolute Gasteiger partial charge is 0.876 e. The molecule has 0 radical (unpaired) electrons. The Morgan fingerprint density at radius 2 is 1.50 bits per heavy atom. The fourth-order valence-electron chi connectivity index (χ4n) is 0.678. The van der Waals surface area contributed by atoms with E-state index in [4.69, 9.17) is 10.5 Å². The summed E-state index contributed by atoms with van der Waals surface area (Å²) < 4.78 is 0. The zero-order valence-electron chi connectivity index (χ0n) is 7.82. The summed E-state index contributed by atoms with van der Waals surface area (Å²) in [6.07, 6.45) is 0. The summed E-state index contributed by atoms with van der Waals surface area (Å²) in [5.41, 5.74) is 0.870. The topological polar surface area (TPSA) is 70.6 Å². The molecule has 0 aliphatic heterocycles. The van der Waals surface area contributed by atoms with Gasteiger partial charge in [-0.3, -0.25) is 0 Å². The second-order valence-electron chi connectivity index (χ2n) is 2.47. The van der Waals surface area contributed by atoms with Gasteiger partial charge in [-0.2, -0.15) is 10.5 Å². The number of nitrogens with zero attached hydrogens (tertiary/aromatic N) is 2. The number of benzene rings is 1. The fraction of sp³-hybridized carbons (Fsp3) is 0.0909. The van der Waals surface area contributed by atoms with Crippen molar-refractivity contribution in [1.29, 1.82) is 10.5 Å². The van der Waals surface area contributed by atoms with Crippen LogP contribution in [0.3, 0.4) is 0 Å². The van der Waals surface area contributed by atoms with E-state index in [1.165, 1.54) is 6.92 Å². The van der Waals surface area contributed by atoms with Crippen molar-refractivity contribution in [1.82, 2.24) is 0 Å². The molecule has 1 rings (SSSR count). The Balaban J connectivity index is 0.000000364. The van der Waals surface area contributed by atoms with Crippen LogP contribution in [0, 0.1) is 22.7 Å². The van der Waals surface area contributed by atoms with Gasteiger partial charge in [0.25, 0.3) is 0 Å². The Morgan fingerprint density at radius 1 is 1.21 bits per heavy atom. The maximum absolute atomic E-state index is 9.33. The molecule has 0 saturated heterocycles. The molecule has 0 heterocycles. The first kappa shape index (κ1) is 11.7. The van der Waals surface area contributed by atoms with Crippen LogP contribution < -0.4 is 5.11 Å².